The molecular formula is C16H20N2O. The van der Waals surface area contributed by atoms with Crippen molar-refractivity contribution in [2.24, 2.45) is 5.41 Å². The molecule has 1 aliphatic rings. The summed E-state index contributed by atoms with van der Waals surface area (Å²) in [6.45, 7) is 2.00. The fourth-order valence-electron chi connectivity index (χ4n) is 2.38. The van der Waals surface area contributed by atoms with Crippen LogP contribution in [0.4, 0.5) is 0 Å². The Morgan fingerprint density at radius 2 is 2.11 bits per heavy atom. The van der Waals surface area contributed by atoms with Crippen LogP contribution in [0.5, 0.6) is 0 Å². The van der Waals surface area contributed by atoms with E-state index in [1.165, 1.54) is 5.56 Å². The quantitative estimate of drug-likeness (QED) is 0.880. The third-order valence-electron chi connectivity index (χ3n) is 3.94. The van der Waals surface area contributed by atoms with E-state index >= 15 is 0 Å². The first-order chi connectivity index (χ1) is 9.16. The number of carbonyl (C=O) groups excluding carboxylic acids is 1. The maximum Gasteiger partial charge on any atom is 0.240 e. The smallest absolute Gasteiger partial charge is 0.240 e. The van der Waals surface area contributed by atoms with Crippen LogP contribution in [-0.4, -0.2) is 11.9 Å². The summed E-state index contributed by atoms with van der Waals surface area (Å²) < 4.78 is 0. The molecular weight excluding hydrogens is 236 g/mol. The summed E-state index contributed by atoms with van der Waals surface area (Å²) in [4.78, 5) is 12.1. The van der Waals surface area contributed by atoms with Crippen LogP contribution in [0.1, 0.15) is 38.2 Å². The molecule has 2 rings (SSSR count). The number of nitrogens with zero attached hydrogens (tertiary/aromatic N) is 1. The van der Waals surface area contributed by atoms with Crippen LogP contribution >= 0.6 is 0 Å². The van der Waals surface area contributed by atoms with Gasteiger partial charge in [-0.15, -0.1) is 0 Å². The summed E-state index contributed by atoms with van der Waals surface area (Å²) in [5, 5.41) is 12.1. The van der Waals surface area contributed by atoms with Gasteiger partial charge in [-0.2, -0.15) is 5.26 Å². The minimum Gasteiger partial charge on any atom is -0.352 e. The molecule has 0 heterocycles. The van der Waals surface area contributed by atoms with Gasteiger partial charge in [-0.05, 0) is 44.6 Å². The van der Waals surface area contributed by atoms with E-state index in [1.807, 2.05) is 25.1 Å². The molecule has 1 N–H and O–H groups in total. The molecule has 1 aliphatic carbocycles. The number of hydrogen-bond donors (Lipinski definition) is 1. The topological polar surface area (TPSA) is 52.9 Å². The number of nitriles is 1. The first-order valence-electron chi connectivity index (χ1n) is 6.92. The van der Waals surface area contributed by atoms with E-state index in [0.29, 0.717) is 12.8 Å². The van der Waals surface area contributed by atoms with Crippen molar-refractivity contribution in [1.29, 1.82) is 5.26 Å². The van der Waals surface area contributed by atoms with E-state index in [-0.39, 0.29) is 11.9 Å². The van der Waals surface area contributed by atoms with Crippen LogP contribution in [0.3, 0.4) is 0 Å². The highest BCUT2D eigenvalue weighted by atomic mass is 16.2. The predicted molar refractivity (Wildman–Crippen MR) is 74.3 cm³/mol. The first-order valence-corrected chi connectivity index (χ1v) is 6.92. The number of nitrogens with one attached hydrogen (secondary N) is 1. The molecule has 100 valence electrons. The zero-order valence-corrected chi connectivity index (χ0v) is 11.4. The van der Waals surface area contributed by atoms with Gasteiger partial charge in [0.1, 0.15) is 5.41 Å². The monoisotopic (exact) mass is 256 g/mol. The number of rotatable bonds is 5. The zero-order chi connectivity index (χ0) is 13.7. The molecule has 1 fully saturated rings. The van der Waals surface area contributed by atoms with Crippen molar-refractivity contribution in [2.45, 2.75) is 45.1 Å². The highest BCUT2D eigenvalue weighted by Gasteiger charge is 2.44. The van der Waals surface area contributed by atoms with Gasteiger partial charge in [0, 0.05) is 6.04 Å². The molecule has 1 aromatic carbocycles. The Balaban J connectivity index is 1.80. The van der Waals surface area contributed by atoms with Crippen molar-refractivity contribution in [3.8, 4) is 6.07 Å². The van der Waals surface area contributed by atoms with Gasteiger partial charge in [0.2, 0.25) is 5.91 Å². The molecule has 1 amide bonds. The number of carbonyl (C=O) groups is 1. The Bertz CT molecular complexity index is 471. The van der Waals surface area contributed by atoms with Gasteiger partial charge in [0.05, 0.1) is 6.07 Å². The largest absolute Gasteiger partial charge is 0.352 e. The van der Waals surface area contributed by atoms with Crippen molar-refractivity contribution in [2.75, 3.05) is 0 Å². The van der Waals surface area contributed by atoms with Crippen LogP contribution in [0.2, 0.25) is 0 Å². The number of aryl methyl sites for hydroxylation is 1. The second kappa shape index (κ2) is 5.88. The Hall–Kier alpha value is -1.82. The van der Waals surface area contributed by atoms with Crippen molar-refractivity contribution >= 4 is 5.91 Å². The Labute approximate surface area is 114 Å². The lowest BCUT2D eigenvalue weighted by atomic mass is 9.69. The minimum absolute atomic E-state index is 0.0817. The second-order valence-electron chi connectivity index (χ2n) is 5.45. The van der Waals surface area contributed by atoms with Crippen LogP contribution in [0.15, 0.2) is 30.3 Å². The molecule has 0 spiro atoms. The van der Waals surface area contributed by atoms with Crippen LogP contribution < -0.4 is 5.32 Å². The molecule has 0 radical (unpaired) electrons. The van der Waals surface area contributed by atoms with Crippen LogP contribution in [0.25, 0.3) is 0 Å². The summed E-state index contributed by atoms with van der Waals surface area (Å²) in [6.07, 6.45) is 4.25. The fourth-order valence-corrected chi connectivity index (χ4v) is 2.38. The standard InChI is InChI=1S/C16H20N2O/c1-13(8-9-14-6-3-2-4-7-14)18-15(19)16(12-17)10-5-11-16/h2-4,6-7,13H,5,8-11H2,1H3,(H,18,19). The summed E-state index contributed by atoms with van der Waals surface area (Å²) in [5.41, 5.74) is 0.545. The normalized spacial score (nSPS) is 17.9. The lowest BCUT2D eigenvalue weighted by molar-refractivity contribution is -0.132. The average Bonchev–Trinajstić information content (AvgIpc) is 2.37. The van der Waals surface area contributed by atoms with Gasteiger partial charge in [-0.3, -0.25) is 4.79 Å². The van der Waals surface area contributed by atoms with Gasteiger partial charge < -0.3 is 5.32 Å². The van der Waals surface area contributed by atoms with Gasteiger partial charge in [0.15, 0.2) is 0 Å². The summed E-state index contributed by atoms with van der Waals surface area (Å²) in [5.74, 6) is -0.0817. The van der Waals surface area contributed by atoms with E-state index in [2.05, 4.69) is 23.5 Å². The van der Waals surface area contributed by atoms with Gasteiger partial charge in [-0.25, -0.2) is 0 Å². The van der Waals surface area contributed by atoms with Crippen molar-refractivity contribution in [3.05, 3.63) is 35.9 Å². The Morgan fingerprint density at radius 1 is 1.42 bits per heavy atom. The van der Waals surface area contributed by atoms with Gasteiger partial charge in [0.25, 0.3) is 0 Å². The maximum atomic E-state index is 12.1. The number of benzene rings is 1. The average molecular weight is 256 g/mol. The van der Waals surface area contributed by atoms with E-state index in [9.17, 15) is 4.79 Å². The molecule has 3 nitrogen and oxygen atoms in total. The van der Waals surface area contributed by atoms with Gasteiger partial charge >= 0.3 is 0 Å². The lowest BCUT2D eigenvalue weighted by Crippen LogP contribution is -2.47. The zero-order valence-electron chi connectivity index (χ0n) is 11.4. The third kappa shape index (κ3) is 3.14. The molecule has 1 atom stereocenters. The Morgan fingerprint density at radius 3 is 2.63 bits per heavy atom. The van der Waals surface area contributed by atoms with E-state index < -0.39 is 5.41 Å². The van der Waals surface area contributed by atoms with E-state index in [1.54, 1.807) is 0 Å². The molecule has 0 aromatic heterocycles. The molecule has 3 heteroatoms. The van der Waals surface area contributed by atoms with Crippen LogP contribution in [-0.2, 0) is 11.2 Å². The number of amides is 1. The minimum atomic E-state index is -0.735. The fraction of sp³-hybridized carbons (Fsp3) is 0.500. The van der Waals surface area contributed by atoms with Crippen molar-refractivity contribution in [3.63, 3.8) is 0 Å². The summed E-state index contributed by atoms with van der Waals surface area (Å²) >= 11 is 0. The van der Waals surface area contributed by atoms with E-state index in [0.717, 1.165) is 19.3 Å². The summed E-state index contributed by atoms with van der Waals surface area (Å²) in [7, 11) is 0. The Kier molecular flexibility index (Phi) is 4.21. The molecule has 1 aromatic rings. The molecule has 0 saturated heterocycles. The van der Waals surface area contributed by atoms with E-state index in [4.69, 9.17) is 5.26 Å². The first kappa shape index (κ1) is 13.6. The SMILES string of the molecule is CC(CCc1ccccc1)NC(=O)C1(C#N)CCC1. The highest BCUT2D eigenvalue weighted by molar-refractivity contribution is 5.86. The van der Waals surface area contributed by atoms with Crippen molar-refractivity contribution < 1.29 is 4.79 Å². The third-order valence-corrected chi connectivity index (χ3v) is 3.94. The second-order valence-corrected chi connectivity index (χ2v) is 5.45. The summed E-state index contributed by atoms with van der Waals surface area (Å²) in [6, 6.07) is 12.5. The molecule has 0 bridgehead atoms. The van der Waals surface area contributed by atoms with Crippen LogP contribution in [0, 0.1) is 16.7 Å². The molecule has 19 heavy (non-hydrogen) atoms. The number of hydrogen-bond acceptors (Lipinski definition) is 2. The lowest BCUT2D eigenvalue weighted by Gasteiger charge is -2.34. The molecule has 1 unspecified atom stereocenters. The predicted octanol–water partition coefficient (Wildman–Crippen LogP) is 2.82. The molecule has 0 aliphatic heterocycles. The van der Waals surface area contributed by atoms with Gasteiger partial charge in [-0.1, -0.05) is 30.3 Å². The molecule has 1 saturated carbocycles. The highest BCUT2D eigenvalue weighted by Crippen LogP contribution is 2.40. The van der Waals surface area contributed by atoms with Crippen molar-refractivity contribution in [1.82, 2.24) is 5.32 Å². The maximum absolute atomic E-state index is 12.1.